The van der Waals surface area contributed by atoms with Gasteiger partial charge in [0.05, 0.1) is 10.6 Å². The summed E-state index contributed by atoms with van der Waals surface area (Å²) in [5.41, 5.74) is 4.57. The maximum atomic E-state index is 13.5. The van der Waals surface area contributed by atoms with Gasteiger partial charge in [-0.15, -0.1) is 0 Å². The van der Waals surface area contributed by atoms with Gasteiger partial charge < -0.3 is 5.32 Å². The number of halogens is 1. The molecule has 0 fully saturated rings. The smallest absolute Gasteiger partial charge is 0.264 e. The molecule has 0 saturated heterocycles. The average molecular weight is 457 g/mol. The summed E-state index contributed by atoms with van der Waals surface area (Å²) in [6, 6.07) is 17.2. The number of sulfonamides is 1. The van der Waals surface area contributed by atoms with Gasteiger partial charge in [0.1, 0.15) is 6.54 Å². The van der Waals surface area contributed by atoms with E-state index in [1.165, 1.54) is 12.1 Å². The van der Waals surface area contributed by atoms with Crippen molar-refractivity contribution in [1.29, 1.82) is 0 Å². The maximum absolute atomic E-state index is 13.5. The highest BCUT2D eigenvalue weighted by molar-refractivity contribution is 7.92. The summed E-state index contributed by atoms with van der Waals surface area (Å²) in [4.78, 5) is 13.0. The molecule has 0 aliphatic heterocycles. The normalized spacial score (nSPS) is 11.3. The molecule has 0 bridgehead atoms. The predicted octanol–water partition coefficient (Wildman–Crippen LogP) is 5.41. The molecule has 0 saturated carbocycles. The molecule has 3 aromatic carbocycles. The zero-order valence-electron chi connectivity index (χ0n) is 17.9. The van der Waals surface area contributed by atoms with Gasteiger partial charge in [-0.25, -0.2) is 8.42 Å². The van der Waals surface area contributed by atoms with Crippen LogP contribution < -0.4 is 9.62 Å². The number of hydrogen-bond acceptors (Lipinski definition) is 3. The number of carbonyl (C=O) groups excluding carboxylic acids is 1. The lowest BCUT2D eigenvalue weighted by atomic mass is 10.1. The third-order valence-corrected chi connectivity index (χ3v) is 7.28. The van der Waals surface area contributed by atoms with Crippen LogP contribution in [0.15, 0.2) is 65.6 Å². The molecule has 0 heterocycles. The number of carbonyl (C=O) groups is 1. The minimum absolute atomic E-state index is 0.106. The molecule has 0 atom stereocenters. The van der Waals surface area contributed by atoms with Gasteiger partial charge in [0, 0.05) is 10.7 Å². The molecular weight excluding hydrogens is 432 g/mol. The largest absolute Gasteiger partial charge is 0.324 e. The highest BCUT2D eigenvalue weighted by Crippen LogP contribution is 2.28. The lowest BCUT2D eigenvalue weighted by Gasteiger charge is -2.25. The van der Waals surface area contributed by atoms with Crippen LogP contribution in [0.2, 0.25) is 5.02 Å². The summed E-state index contributed by atoms with van der Waals surface area (Å²) in [5.74, 6) is -0.440. The van der Waals surface area contributed by atoms with E-state index in [1.807, 2.05) is 45.9 Å². The predicted molar refractivity (Wildman–Crippen MR) is 126 cm³/mol. The van der Waals surface area contributed by atoms with E-state index in [-0.39, 0.29) is 11.4 Å². The van der Waals surface area contributed by atoms with Crippen molar-refractivity contribution in [1.82, 2.24) is 0 Å². The molecule has 0 aromatic heterocycles. The van der Waals surface area contributed by atoms with Gasteiger partial charge in [0.25, 0.3) is 10.0 Å². The van der Waals surface area contributed by atoms with E-state index in [2.05, 4.69) is 5.32 Å². The first-order chi connectivity index (χ1) is 14.6. The molecule has 1 N–H and O–H groups in total. The van der Waals surface area contributed by atoms with E-state index in [0.717, 1.165) is 26.6 Å². The number of rotatable bonds is 6. The molecule has 31 heavy (non-hydrogen) atoms. The van der Waals surface area contributed by atoms with Crippen molar-refractivity contribution < 1.29 is 13.2 Å². The van der Waals surface area contributed by atoms with Crippen molar-refractivity contribution in [2.45, 2.75) is 32.6 Å². The van der Waals surface area contributed by atoms with Crippen LogP contribution in [0.5, 0.6) is 0 Å². The fourth-order valence-electron chi connectivity index (χ4n) is 3.21. The first kappa shape index (κ1) is 22.8. The Morgan fingerprint density at radius 2 is 1.52 bits per heavy atom. The number of hydrogen-bond donors (Lipinski definition) is 1. The van der Waals surface area contributed by atoms with Crippen LogP contribution in [0.4, 0.5) is 11.4 Å². The maximum Gasteiger partial charge on any atom is 0.264 e. The Labute approximate surface area is 188 Å². The molecule has 5 nitrogen and oxygen atoms in total. The number of amides is 1. The van der Waals surface area contributed by atoms with Gasteiger partial charge in [-0.3, -0.25) is 9.10 Å². The van der Waals surface area contributed by atoms with E-state index in [4.69, 9.17) is 11.6 Å². The van der Waals surface area contributed by atoms with Gasteiger partial charge in [0.15, 0.2) is 0 Å². The zero-order valence-corrected chi connectivity index (χ0v) is 19.5. The molecule has 0 aliphatic rings. The quantitative estimate of drug-likeness (QED) is 0.539. The van der Waals surface area contributed by atoms with E-state index in [0.29, 0.717) is 16.4 Å². The van der Waals surface area contributed by atoms with Crippen LogP contribution in [-0.2, 0) is 14.8 Å². The van der Waals surface area contributed by atoms with Crippen molar-refractivity contribution in [3.05, 3.63) is 87.9 Å². The van der Waals surface area contributed by atoms with Gasteiger partial charge in [-0.05, 0) is 68.7 Å². The summed E-state index contributed by atoms with van der Waals surface area (Å²) >= 11 is 6.26. The summed E-state index contributed by atoms with van der Waals surface area (Å²) < 4.78 is 28.0. The summed E-state index contributed by atoms with van der Waals surface area (Å²) in [7, 11) is -3.99. The van der Waals surface area contributed by atoms with Gasteiger partial charge >= 0.3 is 0 Å². The van der Waals surface area contributed by atoms with Crippen molar-refractivity contribution in [3.8, 4) is 0 Å². The second-order valence-electron chi connectivity index (χ2n) is 7.57. The van der Waals surface area contributed by atoms with Crippen LogP contribution in [0.25, 0.3) is 0 Å². The molecule has 0 radical (unpaired) electrons. The minimum atomic E-state index is -3.99. The highest BCUT2D eigenvalue weighted by Gasteiger charge is 2.28. The summed E-state index contributed by atoms with van der Waals surface area (Å²) in [6.07, 6.45) is 0. The number of anilines is 2. The Bertz CT molecular complexity index is 1200. The molecule has 162 valence electrons. The topological polar surface area (TPSA) is 66.5 Å². The molecular formula is C24H25ClN2O3S. The number of benzene rings is 3. The second kappa shape index (κ2) is 9.12. The third kappa shape index (κ3) is 5.09. The molecule has 3 rings (SSSR count). The fourth-order valence-corrected chi connectivity index (χ4v) is 4.80. The Hall–Kier alpha value is -2.83. The number of para-hydroxylation sites is 1. The molecule has 0 spiro atoms. The first-order valence-corrected chi connectivity index (χ1v) is 11.6. The van der Waals surface area contributed by atoms with Gasteiger partial charge in [-0.1, -0.05) is 53.6 Å². The van der Waals surface area contributed by atoms with E-state index in [9.17, 15) is 13.2 Å². The highest BCUT2D eigenvalue weighted by atomic mass is 35.5. The van der Waals surface area contributed by atoms with Crippen LogP contribution in [0.1, 0.15) is 22.3 Å². The van der Waals surface area contributed by atoms with Crippen LogP contribution in [-0.4, -0.2) is 20.9 Å². The Morgan fingerprint density at radius 3 is 2.10 bits per heavy atom. The van der Waals surface area contributed by atoms with Crippen LogP contribution in [0.3, 0.4) is 0 Å². The number of aryl methyl sites for hydroxylation is 4. The minimum Gasteiger partial charge on any atom is -0.324 e. The van der Waals surface area contributed by atoms with Crippen LogP contribution >= 0.6 is 11.6 Å². The lowest BCUT2D eigenvalue weighted by Crippen LogP contribution is -2.38. The Morgan fingerprint density at radius 1 is 0.903 bits per heavy atom. The average Bonchev–Trinajstić information content (AvgIpc) is 2.71. The SMILES string of the molecule is Cc1ccc(S(=O)(=O)N(CC(=O)Nc2c(C)cccc2C)c2ccc(C)c(Cl)c2)cc1. The van der Waals surface area contributed by atoms with Gasteiger partial charge in [-0.2, -0.15) is 0 Å². The van der Waals surface area contributed by atoms with Crippen molar-refractivity contribution in [2.75, 3.05) is 16.2 Å². The Balaban J connectivity index is 2.00. The van der Waals surface area contributed by atoms with Crippen molar-refractivity contribution in [3.63, 3.8) is 0 Å². The standard InChI is InChI=1S/C24H25ClN2O3S/c1-16-8-12-21(13-9-16)31(29,30)27(20-11-10-17(2)22(25)14-20)15-23(28)26-24-18(3)6-5-7-19(24)4/h5-14H,15H2,1-4H3,(H,26,28). The third-order valence-electron chi connectivity index (χ3n) is 5.09. The monoisotopic (exact) mass is 456 g/mol. The molecule has 0 unspecified atom stereocenters. The fraction of sp³-hybridized carbons (Fsp3) is 0.208. The molecule has 7 heteroatoms. The summed E-state index contributed by atoms with van der Waals surface area (Å²) in [6.45, 7) is 7.11. The molecule has 1 amide bonds. The molecule has 0 aliphatic carbocycles. The molecule has 3 aromatic rings. The second-order valence-corrected chi connectivity index (χ2v) is 9.84. The van der Waals surface area contributed by atoms with Crippen molar-refractivity contribution in [2.24, 2.45) is 0 Å². The Kier molecular flexibility index (Phi) is 6.72. The number of nitrogens with zero attached hydrogens (tertiary/aromatic N) is 1. The summed E-state index contributed by atoms with van der Waals surface area (Å²) in [5, 5.41) is 3.29. The zero-order chi connectivity index (χ0) is 22.8. The number of nitrogens with one attached hydrogen (secondary N) is 1. The van der Waals surface area contributed by atoms with E-state index >= 15 is 0 Å². The van der Waals surface area contributed by atoms with Crippen LogP contribution in [0, 0.1) is 27.7 Å². The van der Waals surface area contributed by atoms with Gasteiger partial charge in [0.2, 0.25) is 5.91 Å². The van der Waals surface area contributed by atoms with Crippen molar-refractivity contribution >= 4 is 38.9 Å². The van der Waals surface area contributed by atoms with E-state index in [1.54, 1.807) is 30.3 Å². The first-order valence-electron chi connectivity index (χ1n) is 9.81. The lowest BCUT2D eigenvalue weighted by molar-refractivity contribution is -0.114. The van der Waals surface area contributed by atoms with E-state index < -0.39 is 15.9 Å².